The molecule has 0 amide bonds. The number of carbonyl (C=O) groups is 1. The van der Waals surface area contributed by atoms with Crippen LogP contribution in [-0.2, 0) is 0 Å². The SMILES string of the molecule is COc1ccc(-c2c(C(=O)C(C)(C)C)oc3ccc(Br)cc23)cc1Br. The van der Waals surface area contributed by atoms with E-state index in [2.05, 4.69) is 31.9 Å². The zero-order valence-electron chi connectivity index (χ0n) is 14.4. The molecule has 0 bridgehead atoms. The molecule has 1 aromatic heterocycles. The van der Waals surface area contributed by atoms with Gasteiger partial charge in [-0.3, -0.25) is 4.79 Å². The monoisotopic (exact) mass is 464 g/mol. The van der Waals surface area contributed by atoms with Crippen molar-refractivity contribution in [3.8, 4) is 16.9 Å². The number of ketones is 1. The zero-order chi connectivity index (χ0) is 18.4. The largest absolute Gasteiger partial charge is 0.496 e. The third kappa shape index (κ3) is 3.40. The first-order valence-electron chi connectivity index (χ1n) is 7.83. The highest BCUT2D eigenvalue weighted by atomic mass is 79.9. The molecule has 0 aliphatic carbocycles. The Morgan fingerprint density at radius 1 is 1.08 bits per heavy atom. The molecule has 0 radical (unpaired) electrons. The minimum Gasteiger partial charge on any atom is -0.496 e. The van der Waals surface area contributed by atoms with Crippen LogP contribution in [0.15, 0.2) is 49.8 Å². The van der Waals surface area contributed by atoms with E-state index in [4.69, 9.17) is 9.15 Å². The van der Waals surface area contributed by atoms with E-state index in [9.17, 15) is 4.79 Å². The molecule has 0 saturated heterocycles. The molecule has 0 saturated carbocycles. The zero-order valence-corrected chi connectivity index (χ0v) is 17.6. The normalized spacial score (nSPS) is 11.8. The van der Waals surface area contributed by atoms with Crippen LogP contribution in [0.25, 0.3) is 22.1 Å². The molecule has 130 valence electrons. The molecular formula is C20H18Br2O3. The van der Waals surface area contributed by atoms with Crippen molar-refractivity contribution in [1.82, 2.24) is 0 Å². The predicted molar refractivity (Wildman–Crippen MR) is 107 cm³/mol. The summed E-state index contributed by atoms with van der Waals surface area (Å²) < 4.78 is 13.0. The van der Waals surface area contributed by atoms with Crippen LogP contribution in [0.2, 0.25) is 0 Å². The molecule has 3 rings (SSSR count). The van der Waals surface area contributed by atoms with Gasteiger partial charge in [-0.2, -0.15) is 0 Å². The standard InChI is InChI=1S/C20H18Br2O3/c1-20(2,3)19(23)18-17(11-5-7-16(24-4)14(22)9-11)13-10-12(21)6-8-15(13)25-18/h5-10H,1-4H3. The number of halogens is 2. The number of fused-ring (bicyclic) bond motifs is 1. The van der Waals surface area contributed by atoms with Crippen molar-refractivity contribution < 1.29 is 13.9 Å². The number of hydrogen-bond acceptors (Lipinski definition) is 3. The first kappa shape index (κ1) is 18.2. The van der Waals surface area contributed by atoms with E-state index in [1.54, 1.807) is 7.11 Å². The number of rotatable bonds is 3. The highest BCUT2D eigenvalue weighted by Gasteiger charge is 2.30. The third-order valence-electron chi connectivity index (χ3n) is 3.98. The summed E-state index contributed by atoms with van der Waals surface area (Å²) in [5.41, 5.74) is 1.86. The fraction of sp³-hybridized carbons (Fsp3) is 0.250. The van der Waals surface area contributed by atoms with Gasteiger partial charge in [-0.15, -0.1) is 0 Å². The Morgan fingerprint density at radius 2 is 1.80 bits per heavy atom. The first-order valence-corrected chi connectivity index (χ1v) is 9.41. The van der Waals surface area contributed by atoms with Gasteiger partial charge in [-0.05, 0) is 51.8 Å². The molecule has 0 N–H and O–H groups in total. The van der Waals surface area contributed by atoms with Crippen molar-refractivity contribution in [2.45, 2.75) is 20.8 Å². The van der Waals surface area contributed by atoms with Crippen LogP contribution in [0.5, 0.6) is 5.75 Å². The number of ether oxygens (including phenoxy) is 1. The second kappa shape index (κ2) is 6.61. The van der Waals surface area contributed by atoms with Crippen LogP contribution in [-0.4, -0.2) is 12.9 Å². The lowest BCUT2D eigenvalue weighted by molar-refractivity contribution is 0.0832. The van der Waals surface area contributed by atoms with Crippen molar-refractivity contribution in [3.63, 3.8) is 0 Å². The summed E-state index contributed by atoms with van der Waals surface area (Å²) in [4.78, 5) is 13.0. The predicted octanol–water partition coefficient (Wildman–Crippen LogP) is 6.86. The maximum absolute atomic E-state index is 13.0. The molecule has 0 fully saturated rings. The smallest absolute Gasteiger partial charge is 0.203 e. The van der Waals surface area contributed by atoms with Crippen LogP contribution < -0.4 is 4.74 Å². The molecular weight excluding hydrogens is 448 g/mol. The van der Waals surface area contributed by atoms with Crippen molar-refractivity contribution in [2.75, 3.05) is 7.11 Å². The van der Waals surface area contributed by atoms with Gasteiger partial charge in [0.1, 0.15) is 11.3 Å². The highest BCUT2D eigenvalue weighted by molar-refractivity contribution is 9.10. The Hall–Kier alpha value is -1.59. The molecule has 0 unspecified atom stereocenters. The van der Waals surface area contributed by atoms with Crippen molar-refractivity contribution in [2.24, 2.45) is 5.41 Å². The molecule has 3 aromatic rings. The number of methoxy groups -OCH3 is 1. The van der Waals surface area contributed by atoms with E-state index in [0.717, 1.165) is 31.2 Å². The Balaban J connectivity index is 2.33. The van der Waals surface area contributed by atoms with E-state index in [1.807, 2.05) is 57.2 Å². The van der Waals surface area contributed by atoms with Gasteiger partial charge in [-0.25, -0.2) is 0 Å². The maximum Gasteiger partial charge on any atom is 0.203 e. The number of hydrogen-bond donors (Lipinski definition) is 0. The lowest BCUT2D eigenvalue weighted by Crippen LogP contribution is -2.20. The minimum absolute atomic E-state index is 0.0261. The van der Waals surface area contributed by atoms with Crippen molar-refractivity contribution >= 4 is 48.6 Å². The summed E-state index contributed by atoms with van der Waals surface area (Å²) in [7, 11) is 1.62. The van der Waals surface area contributed by atoms with Gasteiger partial charge >= 0.3 is 0 Å². The lowest BCUT2D eigenvalue weighted by Gasteiger charge is -2.16. The molecule has 0 spiro atoms. The maximum atomic E-state index is 13.0. The van der Waals surface area contributed by atoms with Crippen LogP contribution in [0.3, 0.4) is 0 Å². The van der Waals surface area contributed by atoms with E-state index in [0.29, 0.717) is 11.3 Å². The van der Waals surface area contributed by atoms with Gasteiger partial charge in [0.15, 0.2) is 5.76 Å². The Labute approximate surface area is 163 Å². The molecule has 1 heterocycles. The molecule has 0 atom stereocenters. The van der Waals surface area contributed by atoms with Gasteiger partial charge in [0.05, 0.1) is 11.6 Å². The van der Waals surface area contributed by atoms with Crippen LogP contribution in [0, 0.1) is 5.41 Å². The van der Waals surface area contributed by atoms with Crippen molar-refractivity contribution in [3.05, 3.63) is 51.1 Å². The Morgan fingerprint density at radius 3 is 2.40 bits per heavy atom. The quantitative estimate of drug-likeness (QED) is 0.396. The average Bonchev–Trinajstić information content (AvgIpc) is 2.91. The topological polar surface area (TPSA) is 39.4 Å². The molecule has 25 heavy (non-hydrogen) atoms. The summed E-state index contributed by atoms with van der Waals surface area (Å²) in [5, 5.41) is 0.902. The Bertz CT molecular complexity index is 965. The van der Waals surface area contributed by atoms with Crippen LogP contribution in [0.1, 0.15) is 31.3 Å². The van der Waals surface area contributed by atoms with E-state index in [1.165, 1.54) is 0 Å². The van der Waals surface area contributed by atoms with E-state index >= 15 is 0 Å². The first-order chi connectivity index (χ1) is 11.7. The number of Topliss-reactive ketones (excluding diaryl/α,β-unsaturated/α-hetero) is 1. The van der Waals surface area contributed by atoms with E-state index < -0.39 is 5.41 Å². The third-order valence-corrected chi connectivity index (χ3v) is 5.09. The molecule has 2 aromatic carbocycles. The molecule has 0 aliphatic heterocycles. The second-order valence-electron chi connectivity index (χ2n) is 6.88. The van der Waals surface area contributed by atoms with Gasteiger partial charge < -0.3 is 9.15 Å². The van der Waals surface area contributed by atoms with Crippen molar-refractivity contribution in [1.29, 1.82) is 0 Å². The summed E-state index contributed by atoms with van der Waals surface area (Å²) in [6, 6.07) is 11.5. The minimum atomic E-state index is -0.538. The summed E-state index contributed by atoms with van der Waals surface area (Å²) >= 11 is 7.03. The molecule has 3 nitrogen and oxygen atoms in total. The van der Waals surface area contributed by atoms with Gasteiger partial charge in [0.2, 0.25) is 5.78 Å². The lowest BCUT2D eigenvalue weighted by atomic mass is 9.86. The van der Waals surface area contributed by atoms with E-state index in [-0.39, 0.29) is 5.78 Å². The van der Waals surface area contributed by atoms with Crippen LogP contribution in [0.4, 0.5) is 0 Å². The number of carbonyl (C=O) groups excluding carboxylic acids is 1. The second-order valence-corrected chi connectivity index (χ2v) is 8.65. The molecule has 5 heteroatoms. The van der Waals surface area contributed by atoms with Gasteiger partial charge in [0, 0.05) is 20.8 Å². The number of furan rings is 1. The average molecular weight is 466 g/mol. The highest BCUT2D eigenvalue weighted by Crippen LogP contribution is 2.41. The summed E-state index contributed by atoms with van der Waals surface area (Å²) in [5.74, 6) is 1.10. The fourth-order valence-electron chi connectivity index (χ4n) is 2.68. The van der Waals surface area contributed by atoms with Gasteiger partial charge in [0.25, 0.3) is 0 Å². The summed E-state index contributed by atoms with van der Waals surface area (Å²) in [6.07, 6.45) is 0. The van der Waals surface area contributed by atoms with Gasteiger partial charge in [-0.1, -0.05) is 42.8 Å². The summed E-state index contributed by atoms with van der Waals surface area (Å²) in [6.45, 7) is 5.68. The van der Waals surface area contributed by atoms with Crippen LogP contribution >= 0.6 is 31.9 Å². The number of benzene rings is 2. The molecule has 0 aliphatic rings. The fourth-order valence-corrected chi connectivity index (χ4v) is 3.58. The Kier molecular flexibility index (Phi) is 4.82.